The minimum atomic E-state index is 0.138. The Kier molecular flexibility index (Phi) is 2.33. The molecule has 0 spiro atoms. The van der Waals surface area contributed by atoms with E-state index in [1.165, 1.54) is 0 Å². The minimum Gasteiger partial charge on any atom is -0.396 e. The Morgan fingerprint density at radius 1 is 1.47 bits per heavy atom. The molecule has 1 aromatic heterocycles. The molecule has 0 aliphatic heterocycles. The van der Waals surface area contributed by atoms with Gasteiger partial charge in [-0.1, -0.05) is 0 Å². The van der Waals surface area contributed by atoms with Crippen LogP contribution in [-0.2, 0) is 7.05 Å². The maximum absolute atomic E-state index is 9.25. The topological polar surface area (TPSA) is 50.1 Å². The smallest absolute Gasteiger partial charge is 0.0955 e. The van der Waals surface area contributed by atoms with Crippen LogP contribution >= 0.6 is 0 Å². The van der Waals surface area contributed by atoms with Gasteiger partial charge in [-0.3, -0.25) is 0 Å². The van der Waals surface area contributed by atoms with Crippen molar-refractivity contribution >= 4 is 16.7 Å². The van der Waals surface area contributed by atoms with Gasteiger partial charge >= 0.3 is 0 Å². The van der Waals surface area contributed by atoms with Gasteiger partial charge in [0, 0.05) is 24.7 Å². The van der Waals surface area contributed by atoms with E-state index in [1.54, 1.807) is 0 Å². The third-order valence-electron chi connectivity index (χ3n) is 3.69. The fourth-order valence-electron chi connectivity index (χ4n) is 2.10. The van der Waals surface area contributed by atoms with E-state index >= 15 is 0 Å². The third-order valence-corrected chi connectivity index (χ3v) is 3.69. The van der Waals surface area contributed by atoms with Crippen LogP contribution in [-0.4, -0.2) is 27.8 Å². The van der Waals surface area contributed by atoms with Crippen molar-refractivity contribution < 1.29 is 5.11 Å². The van der Waals surface area contributed by atoms with Crippen molar-refractivity contribution in [3.63, 3.8) is 0 Å². The number of hydrogen-bond acceptors (Lipinski definition) is 3. The van der Waals surface area contributed by atoms with E-state index in [0.29, 0.717) is 0 Å². The van der Waals surface area contributed by atoms with Crippen LogP contribution in [0.15, 0.2) is 24.5 Å². The van der Waals surface area contributed by atoms with Crippen molar-refractivity contribution in [3.8, 4) is 0 Å². The van der Waals surface area contributed by atoms with Gasteiger partial charge in [0.05, 0.1) is 24.0 Å². The first-order chi connectivity index (χ1) is 8.22. The van der Waals surface area contributed by atoms with Crippen LogP contribution in [0.4, 0.5) is 5.69 Å². The molecular formula is C13H17N3O. The second-order valence-electron chi connectivity index (χ2n) is 5.07. The van der Waals surface area contributed by atoms with Gasteiger partial charge in [-0.05, 0) is 31.0 Å². The SMILES string of the molecule is Cn1cnc2cc(NCC3(CO)CC3)ccc21. The van der Waals surface area contributed by atoms with Crippen molar-refractivity contribution in [2.24, 2.45) is 12.5 Å². The number of aromatic nitrogens is 2. The number of hydrogen-bond donors (Lipinski definition) is 2. The van der Waals surface area contributed by atoms with Crippen LogP contribution in [0.3, 0.4) is 0 Å². The Bertz CT molecular complexity index is 543. The maximum Gasteiger partial charge on any atom is 0.0955 e. The average Bonchev–Trinajstić information content (AvgIpc) is 3.06. The zero-order valence-electron chi connectivity index (χ0n) is 9.98. The largest absolute Gasteiger partial charge is 0.396 e. The first-order valence-electron chi connectivity index (χ1n) is 5.98. The number of aryl methyl sites for hydroxylation is 1. The number of aliphatic hydroxyl groups is 1. The van der Waals surface area contributed by atoms with Crippen molar-refractivity contribution in [3.05, 3.63) is 24.5 Å². The molecule has 0 unspecified atom stereocenters. The van der Waals surface area contributed by atoms with Gasteiger partial charge in [-0.15, -0.1) is 0 Å². The predicted octanol–water partition coefficient (Wildman–Crippen LogP) is 1.76. The minimum absolute atomic E-state index is 0.138. The zero-order valence-corrected chi connectivity index (χ0v) is 9.98. The van der Waals surface area contributed by atoms with Gasteiger partial charge in [0.1, 0.15) is 0 Å². The Hall–Kier alpha value is -1.55. The normalized spacial score (nSPS) is 17.3. The van der Waals surface area contributed by atoms with E-state index in [1.807, 2.05) is 17.9 Å². The zero-order chi connectivity index (χ0) is 11.9. The fourth-order valence-corrected chi connectivity index (χ4v) is 2.10. The average molecular weight is 231 g/mol. The molecule has 1 saturated carbocycles. The molecular weight excluding hydrogens is 214 g/mol. The van der Waals surface area contributed by atoms with Crippen molar-refractivity contribution in [2.45, 2.75) is 12.8 Å². The molecule has 0 bridgehead atoms. The lowest BCUT2D eigenvalue weighted by molar-refractivity contribution is 0.220. The molecule has 1 aliphatic carbocycles. The predicted molar refractivity (Wildman–Crippen MR) is 68.0 cm³/mol. The summed E-state index contributed by atoms with van der Waals surface area (Å²) in [6.45, 7) is 1.13. The Morgan fingerprint density at radius 3 is 3.00 bits per heavy atom. The lowest BCUT2D eigenvalue weighted by atomic mass is 10.1. The molecule has 1 aromatic carbocycles. The molecule has 90 valence electrons. The van der Waals surface area contributed by atoms with Crippen molar-refractivity contribution in [1.29, 1.82) is 0 Å². The van der Waals surface area contributed by atoms with Crippen LogP contribution in [0.2, 0.25) is 0 Å². The summed E-state index contributed by atoms with van der Waals surface area (Å²) in [6, 6.07) is 6.20. The number of fused-ring (bicyclic) bond motifs is 1. The van der Waals surface area contributed by atoms with E-state index in [4.69, 9.17) is 0 Å². The van der Waals surface area contributed by atoms with Gasteiger partial charge in [-0.2, -0.15) is 0 Å². The van der Waals surface area contributed by atoms with Crippen molar-refractivity contribution in [2.75, 3.05) is 18.5 Å². The molecule has 0 saturated heterocycles. The summed E-state index contributed by atoms with van der Waals surface area (Å²) in [5.74, 6) is 0. The lowest BCUT2D eigenvalue weighted by Gasteiger charge is -2.13. The van der Waals surface area contributed by atoms with Crippen molar-refractivity contribution in [1.82, 2.24) is 9.55 Å². The molecule has 0 radical (unpaired) electrons. The number of benzene rings is 1. The highest BCUT2D eigenvalue weighted by atomic mass is 16.3. The van der Waals surface area contributed by atoms with E-state index < -0.39 is 0 Å². The number of nitrogens with one attached hydrogen (secondary N) is 1. The molecule has 2 N–H and O–H groups in total. The first-order valence-corrected chi connectivity index (χ1v) is 5.98. The van der Waals surface area contributed by atoms with Gasteiger partial charge in [0.25, 0.3) is 0 Å². The molecule has 4 heteroatoms. The molecule has 2 aromatic rings. The van der Waals surface area contributed by atoms with Crippen LogP contribution in [0, 0.1) is 5.41 Å². The van der Waals surface area contributed by atoms with Crippen LogP contribution < -0.4 is 5.32 Å². The summed E-state index contributed by atoms with van der Waals surface area (Å²) in [7, 11) is 1.99. The molecule has 0 amide bonds. The molecule has 17 heavy (non-hydrogen) atoms. The maximum atomic E-state index is 9.25. The summed E-state index contributed by atoms with van der Waals surface area (Å²) in [5.41, 5.74) is 3.36. The third kappa shape index (κ3) is 1.89. The fraction of sp³-hybridized carbons (Fsp3) is 0.462. The Labute approximate surface area is 100 Å². The quantitative estimate of drug-likeness (QED) is 0.843. The van der Waals surface area contributed by atoms with E-state index in [2.05, 4.69) is 28.5 Å². The summed E-state index contributed by atoms with van der Waals surface area (Å²) in [6.07, 6.45) is 4.08. The number of aliphatic hydroxyl groups excluding tert-OH is 1. The summed E-state index contributed by atoms with van der Waals surface area (Å²) in [5, 5.41) is 12.6. The Balaban J connectivity index is 1.77. The van der Waals surface area contributed by atoms with E-state index in [9.17, 15) is 5.11 Å². The van der Waals surface area contributed by atoms with Gasteiger partial charge in [0.15, 0.2) is 0 Å². The van der Waals surface area contributed by atoms with Crippen LogP contribution in [0.5, 0.6) is 0 Å². The van der Waals surface area contributed by atoms with E-state index in [-0.39, 0.29) is 12.0 Å². The van der Waals surface area contributed by atoms with Crippen LogP contribution in [0.1, 0.15) is 12.8 Å². The molecule has 1 heterocycles. The second-order valence-corrected chi connectivity index (χ2v) is 5.07. The first kappa shape index (κ1) is 10.6. The van der Waals surface area contributed by atoms with Gasteiger partial charge < -0.3 is 15.0 Å². The highest BCUT2D eigenvalue weighted by Crippen LogP contribution is 2.44. The lowest BCUT2D eigenvalue weighted by Crippen LogP contribution is -2.18. The number of anilines is 1. The van der Waals surface area contributed by atoms with Gasteiger partial charge in [0.2, 0.25) is 0 Å². The van der Waals surface area contributed by atoms with Gasteiger partial charge in [-0.25, -0.2) is 4.98 Å². The number of nitrogens with zero attached hydrogens (tertiary/aromatic N) is 2. The molecule has 1 fully saturated rings. The monoisotopic (exact) mass is 231 g/mol. The summed E-state index contributed by atoms with van der Waals surface area (Å²) >= 11 is 0. The summed E-state index contributed by atoms with van der Waals surface area (Å²) in [4.78, 5) is 4.33. The Morgan fingerprint density at radius 2 is 2.29 bits per heavy atom. The highest BCUT2D eigenvalue weighted by molar-refractivity contribution is 5.79. The van der Waals surface area contributed by atoms with E-state index in [0.717, 1.165) is 36.1 Å². The molecule has 4 nitrogen and oxygen atoms in total. The van der Waals surface area contributed by atoms with Crippen LogP contribution in [0.25, 0.3) is 11.0 Å². The highest BCUT2D eigenvalue weighted by Gasteiger charge is 2.41. The molecule has 3 rings (SSSR count). The second kappa shape index (κ2) is 3.74. The molecule has 0 atom stereocenters. The number of rotatable bonds is 4. The summed E-state index contributed by atoms with van der Waals surface area (Å²) < 4.78 is 2.01. The number of imidazole rings is 1. The molecule has 1 aliphatic rings. The standard InChI is InChI=1S/C13H17N3O/c1-16-9-15-11-6-10(2-3-12(11)16)14-7-13(8-17)4-5-13/h2-3,6,9,14,17H,4-5,7-8H2,1H3.